The Morgan fingerprint density at radius 2 is 1.53 bits per heavy atom. The number of carbonyl (C=O) groups excluding carboxylic acids is 2. The molecule has 3 aromatic heterocycles. The van der Waals surface area contributed by atoms with E-state index in [0.717, 1.165) is 12.1 Å². The van der Waals surface area contributed by atoms with Crippen LogP contribution in [0.15, 0.2) is 43.0 Å². The molecule has 1 atom stereocenters. The number of fused-ring (bicyclic) bond motifs is 3. The number of nitrogens with zero attached hydrogens (tertiary/aromatic N) is 5. The van der Waals surface area contributed by atoms with Crippen LogP contribution in [0.25, 0.3) is 11.3 Å². The molecular formula is C20H14F8N6O2. The molecule has 4 rings (SSSR count). The molecule has 0 radical (unpaired) electrons. The smallest absolute Gasteiger partial charge is 0.327 e. The van der Waals surface area contributed by atoms with Crippen LogP contribution in [0.5, 0.6) is 0 Å². The summed E-state index contributed by atoms with van der Waals surface area (Å²) in [5.41, 5.74) is 7.69. The Morgan fingerprint density at radius 3 is 2.14 bits per heavy atom. The van der Waals surface area contributed by atoms with Crippen LogP contribution < -0.4 is 5.73 Å². The lowest BCUT2D eigenvalue weighted by Crippen LogP contribution is -2.39. The fourth-order valence-corrected chi connectivity index (χ4v) is 3.06. The van der Waals surface area contributed by atoms with Crippen molar-refractivity contribution in [2.45, 2.75) is 31.2 Å². The van der Waals surface area contributed by atoms with Gasteiger partial charge in [-0.25, -0.2) is 13.8 Å². The number of hydrogen-bond acceptors (Lipinski definition) is 6. The van der Waals surface area contributed by atoms with Gasteiger partial charge in [-0.15, -0.1) is 10.2 Å². The number of ketones is 2. The van der Waals surface area contributed by atoms with Crippen molar-refractivity contribution >= 4 is 22.9 Å². The number of nitrogens with two attached hydrogens (primary N) is 1. The Labute approximate surface area is 195 Å². The summed E-state index contributed by atoms with van der Waals surface area (Å²) in [6.45, 7) is 0. The summed E-state index contributed by atoms with van der Waals surface area (Å²) in [5, 5.41) is 8.31. The van der Waals surface area contributed by atoms with Gasteiger partial charge in [0.25, 0.3) is 0 Å². The first kappa shape index (κ1) is 26.7. The first-order chi connectivity index (χ1) is 16.7. The molecule has 0 saturated heterocycles. The Balaban J connectivity index is 0.000000257. The van der Waals surface area contributed by atoms with Gasteiger partial charge in [0, 0.05) is 37.3 Å². The third-order valence-electron chi connectivity index (χ3n) is 4.67. The number of Topliss-reactive ketones (excluding diaryl/α,β-unsaturated/α-hetero) is 2. The quantitative estimate of drug-likeness (QED) is 0.319. The van der Waals surface area contributed by atoms with E-state index in [1.807, 2.05) is 27.4 Å². The standard InChI is InChI=1S/C16H14F2N6.C4F6O2/c17-11-1-2-13(18)10(7-11)8-12(19)9-14-21-22-16-15-20-3-4-23(15)5-6-24(14)16;5-3(6,7)1(11)2(12)4(8,9)10/h1-7,12H,8-9,19H2;/t12-;/m1./s1. The number of carbonyl (C=O) groups is 2. The summed E-state index contributed by atoms with van der Waals surface area (Å²) < 4.78 is 97.6. The zero-order valence-electron chi connectivity index (χ0n) is 17.7. The monoisotopic (exact) mass is 522 g/mol. The van der Waals surface area contributed by atoms with Gasteiger partial charge in [-0.3, -0.25) is 14.0 Å². The molecule has 2 N–H and O–H groups in total. The van der Waals surface area contributed by atoms with Gasteiger partial charge >= 0.3 is 23.9 Å². The molecule has 3 heterocycles. The van der Waals surface area contributed by atoms with E-state index in [0.29, 0.717) is 23.5 Å². The van der Waals surface area contributed by atoms with Crippen molar-refractivity contribution < 1.29 is 44.7 Å². The molecule has 0 unspecified atom stereocenters. The Hall–Kier alpha value is -3.95. The van der Waals surface area contributed by atoms with Gasteiger partial charge < -0.3 is 10.1 Å². The SMILES string of the molecule is N[C@H](Cc1cc(F)ccc1F)Cc1nnc2c3nccn3ccn12.O=C(C(=O)C(F)(F)F)C(F)(F)F. The number of alkyl halides is 6. The van der Waals surface area contributed by atoms with Crippen LogP contribution in [0.3, 0.4) is 0 Å². The van der Waals surface area contributed by atoms with E-state index in [2.05, 4.69) is 15.2 Å². The molecule has 0 spiro atoms. The molecule has 36 heavy (non-hydrogen) atoms. The zero-order valence-corrected chi connectivity index (χ0v) is 17.7. The van der Waals surface area contributed by atoms with Gasteiger partial charge in [-0.2, -0.15) is 26.3 Å². The highest BCUT2D eigenvalue weighted by Gasteiger charge is 2.54. The van der Waals surface area contributed by atoms with Crippen LogP contribution in [0, 0.1) is 11.6 Å². The molecule has 8 nitrogen and oxygen atoms in total. The second-order valence-corrected chi connectivity index (χ2v) is 7.32. The highest BCUT2D eigenvalue weighted by Crippen LogP contribution is 2.24. The highest BCUT2D eigenvalue weighted by molar-refractivity contribution is 6.41. The van der Waals surface area contributed by atoms with Crippen molar-refractivity contribution in [1.82, 2.24) is 24.0 Å². The van der Waals surface area contributed by atoms with E-state index < -0.39 is 41.6 Å². The minimum Gasteiger partial charge on any atom is -0.327 e. The maximum Gasteiger partial charge on any atom is 0.458 e. The minimum absolute atomic E-state index is 0.212. The van der Waals surface area contributed by atoms with Crippen molar-refractivity contribution in [3.63, 3.8) is 0 Å². The molecule has 192 valence electrons. The molecule has 16 heteroatoms. The Morgan fingerprint density at radius 1 is 0.889 bits per heavy atom. The average Bonchev–Trinajstić information content (AvgIpc) is 3.41. The van der Waals surface area contributed by atoms with Gasteiger partial charge in [-0.05, 0) is 30.2 Å². The van der Waals surface area contributed by atoms with Crippen molar-refractivity contribution in [3.8, 4) is 0 Å². The van der Waals surface area contributed by atoms with Crippen molar-refractivity contribution in [2.75, 3.05) is 0 Å². The van der Waals surface area contributed by atoms with E-state index in [1.165, 1.54) is 6.07 Å². The number of hydrogen-bond donors (Lipinski definition) is 1. The highest BCUT2D eigenvalue weighted by atomic mass is 19.4. The molecule has 0 aliphatic rings. The van der Waals surface area contributed by atoms with Crippen LogP contribution in [0.2, 0.25) is 0 Å². The summed E-state index contributed by atoms with van der Waals surface area (Å²) >= 11 is 0. The van der Waals surface area contributed by atoms with E-state index in [9.17, 15) is 44.7 Å². The molecule has 0 aliphatic carbocycles. The normalized spacial score (nSPS) is 12.9. The average molecular weight is 522 g/mol. The molecule has 0 amide bonds. The van der Waals surface area contributed by atoms with Crippen LogP contribution in [-0.2, 0) is 22.4 Å². The number of imidazole rings is 1. The molecule has 4 aromatic rings. The number of halogens is 8. The van der Waals surface area contributed by atoms with Crippen LogP contribution in [0.4, 0.5) is 35.1 Å². The number of benzene rings is 1. The summed E-state index contributed by atoms with van der Waals surface area (Å²) in [7, 11) is 0. The molecular weight excluding hydrogens is 508 g/mol. The molecule has 1 aromatic carbocycles. The molecule has 0 saturated carbocycles. The largest absolute Gasteiger partial charge is 0.458 e. The maximum atomic E-state index is 13.7. The summed E-state index contributed by atoms with van der Waals surface area (Å²) in [6, 6.07) is 2.96. The van der Waals surface area contributed by atoms with Gasteiger partial charge in [0.1, 0.15) is 17.5 Å². The van der Waals surface area contributed by atoms with Crippen molar-refractivity contribution in [2.24, 2.45) is 5.73 Å². The third-order valence-corrected chi connectivity index (χ3v) is 4.67. The summed E-state index contributed by atoms with van der Waals surface area (Å²) in [5.74, 6) is -7.10. The lowest BCUT2D eigenvalue weighted by atomic mass is 10.0. The van der Waals surface area contributed by atoms with E-state index in [4.69, 9.17) is 5.73 Å². The van der Waals surface area contributed by atoms with Crippen LogP contribution in [-0.4, -0.2) is 53.9 Å². The van der Waals surface area contributed by atoms with E-state index in [1.54, 1.807) is 6.20 Å². The summed E-state index contributed by atoms with van der Waals surface area (Å²) in [4.78, 5) is 23.5. The zero-order chi connectivity index (χ0) is 26.8. The van der Waals surface area contributed by atoms with Gasteiger partial charge in [0.05, 0.1) is 0 Å². The molecule has 0 aliphatic heterocycles. The lowest BCUT2D eigenvalue weighted by Gasteiger charge is -2.11. The predicted molar refractivity (Wildman–Crippen MR) is 106 cm³/mol. The third kappa shape index (κ3) is 5.99. The molecule has 0 fully saturated rings. The van der Waals surface area contributed by atoms with Crippen LogP contribution in [0.1, 0.15) is 11.4 Å². The van der Waals surface area contributed by atoms with E-state index >= 15 is 0 Å². The van der Waals surface area contributed by atoms with Crippen molar-refractivity contribution in [3.05, 3.63) is 66.0 Å². The van der Waals surface area contributed by atoms with Gasteiger partial charge in [-0.1, -0.05) is 0 Å². The van der Waals surface area contributed by atoms with Gasteiger partial charge in [0.15, 0.2) is 5.65 Å². The Bertz CT molecular complexity index is 1380. The van der Waals surface area contributed by atoms with Crippen molar-refractivity contribution in [1.29, 1.82) is 0 Å². The number of aromatic nitrogens is 5. The fraction of sp³-hybridized carbons (Fsp3) is 0.250. The Kier molecular flexibility index (Phi) is 7.38. The first-order valence-corrected chi connectivity index (χ1v) is 9.76. The maximum absolute atomic E-state index is 13.7. The number of rotatable bonds is 5. The van der Waals surface area contributed by atoms with Gasteiger partial charge in [0.2, 0.25) is 5.65 Å². The van der Waals surface area contributed by atoms with E-state index in [-0.39, 0.29) is 12.0 Å². The minimum atomic E-state index is -5.77. The predicted octanol–water partition coefficient (Wildman–Crippen LogP) is 3.02. The fourth-order valence-electron chi connectivity index (χ4n) is 3.06. The second kappa shape index (κ2) is 9.96. The summed E-state index contributed by atoms with van der Waals surface area (Å²) in [6.07, 6.45) is -3.77. The topological polar surface area (TPSA) is 108 Å². The van der Waals surface area contributed by atoms with Crippen LogP contribution >= 0.6 is 0 Å². The molecule has 0 bridgehead atoms. The lowest BCUT2D eigenvalue weighted by molar-refractivity contribution is -0.193. The first-order valence-electron chi connectivity index (χ1n) is 9.76. The second-order valence-electron chi connectivity index (χ2n) is 7.32.